The molecule has 1 heterocycles. The average Bonchev–Trinajstić information content (AvgIpc) is 3.02. The summed E-state index contributed by atoms with van der Waals surface area (Å²) in [6.07, 6.45) is 5.04. The van der Waals surface area contributed by atoms with Crippen LogP contribution in [-0.4, -0.2) is 25.7 Å². The van der Waals surface area contributed by atoms with Crippen molar-refractivity contribution in [2.45, 2.75) is 74.6 Å². The lowest BCUT2D eigenvalue weighted by atomic mass is 9.91. The van der Waals surface area contributed by atoms with Crippen molar-refractivity contribution in [3.05, 3.63) is 30.1 Å². The molecule has 2 fully saturated rings. The number of halogens is 1. The molecule has 0 bridgehead atoms. The Morgan fingerprint density at radius 3 is 2.61 bits per heavy atom. The van der Waals surface area contributed by atoms with Gasteiger partial charge in [0.15, 0.2) is 0 Å². The van der Waals surface area contributed by atoms with Gasteiger partial charge in [-0.1, -0.05) is 26.2 Å². The van der Waals surface area contributed by atoms with E-state index in [-0.39, 0.29) is 10.5 Å². The molecule has 0 unspecified atom stereocenters. The van der Waals surface area contributed by atoms with Gasteiger partial charge in [0, 0.05) is 0 Å². The van der Waals surface area contributed by atoms with Crippen molar-refractivity contribution in [2.24, 2.45) is 0 Å². The summed E-state index contributed by atoms with van der Waals surface area (Å²) in [5, 5.41) is 0. The smallest absolute Gasteiger partial charge is 0.297 e. The Balaban J connectivity index is 1.75. The maximum absolute atomic E-state index is 13.0. The second-order valence-electron chi connectivity index (χ2n) is 6.71. The third-order valence-electron chi connectivity index (χ3n) is 5.16. The first-order valence-electron chi connectivity index (χ1n) is 8.22. The van der Waals surface area contributed by atoms with Crippen molar-refractivity contribution in [1.82, 2.24) is 0 Å². The number of fused-ring (bicyclic) bond motifs is 1. The fourth-order valence-electron chi connectivity index (χ4n) is 3.73. The molecule has 0 radical (unpaired) electrons. The van der Waals surface area contributed by atoms with Gasteiger partial charge in [-0.25, -0.2) is 4.39 Å². The second kappa shape index (κ2) is 5.83. The van der Waals surface area contributed by atoms with Crippen LogP contribution < -0.4 is 0 Å². The molecular weight excluding hydrogens is 319 g/mol. The number of epoxide rings is 1. The predicted octanol–water partition coefficient (Wildman–Crippen LogP) is 3.80. The Morgan fingerprint density at radius 1 is 1.30 bits per heavy atom. The molecule has 1 saturated carbocycles. The van der Waals surface area contributed by atoms with Gasteiger partial charge in [-0.15, -0.1) is 0 Å². The van der Waals surface area contributed by atoms with Crippen LogP contribution in [0.25, 0.3) is 0 Å². The van der Waals surface area contributed by atoms with Crippen molar-refractivity contribution < 1.29 is 21.7 Å². The summed E-state index contributed by atoms with van der Waals surface area (Å²) in [5.74, 6) is -0.473. The first-order valence-corrected chi connectivity index (χ1v) is 9.63. The Kier molecular flexibility index (Phi) is 4.27. The van der Waals surface area contributed by atoms with E-state index in [1.54, 1.807) is 0 Å². The van der Waals surface area contributed by atoms with Crippen LogP contribution in [0.1, 0.15) is 52.4 Å². The lowest BCUT2D eigenvalue weighted by Crippen LogP contribution is -2.34. The number of rotatable bonds is 7. The molecule has 1 aliphatic carbocycles. The topological polar surface area (TPSA) is 55.9 Å². The van der Waals surface area contributed by atoms with Gasteiger partial charge >= 0.3 is 0 Å². The summed E-state index contributed by atoms with van der Waals surface area (Å²) in [4.78, 5) is -0.0168. The predicted molar refractivity (Wildman–Crippen MR) is 84.1 cm³/mol. The molecular formula is C17H23FO4S. The van der Waals surface area contributed by atoms with Gasteiger partial charge in [0.25, 0.3) is 10.1 Å². The van der Waals surface area contributed by atoms with E-state index in [9.17, 15) is 12.8 Å². The van der Waals surface area contributed by atoms with Crippen LogP contribution in [-0.2, 0) is 19.0 Å². The van der Waals surface area contributed by atoms with Gasteiger partial charge in [-0.3, -0.25) is 4.18 Å². The summed E-state index contributed by atoms with van der Waals surface area (Å²) >= 11 is 0. The SMILES string of the molecule is CCCCC[C@@]12O[C@]1(C)CC[C@@H]2OS(=O)(=O)c1ccc(F)cc1. The van der Waals surface area contributed by atoms with Crippen LogP contribution in [0.3, 0.4) is 0 Å². The van der Waals surface area contributed by atoms with Gasteiger partial charge in [-0.2, -0.15) is 8.42 Å². The molecule has 0 amide bonds. The third-order valence-corrected chi connectivity index (χ3v) is 6.50. The molecule has 6 heteroatoms. The Hall–Kier alpha value is -0.980. The molecule has 4 nitrogen and oxygen atoms in total. The minimum absolute atomic E-state index is 0.0168. The van der Waals surface area contributed by atoms with Gasteiger partial charge in [-0.05, 0) is 50.5 Å². The molecule has 0 aromatic heterocycles. The first kappa shape index (κ1) is 16.9. The molecule has 0 spiro atoms. The minimum Gasteiger partial charge on any atom is -0.360 e. The van der Waals surface area contributed by atoms with E-state index in [1.165, 1.54) is 12.1 Å². The van der Waals surface area contributed by atoms with Gasteiger partial charge < -0.3 is 4.74 Å². The zero-order valence-electron chi connectivity index (χ0n) is 13.5. The maximum atomic E-state index is 13.0. The van der Waals surface area contributed by atoms with Crippen molar-refractivity contribution in [3.8, 4) is 0 Å². The molecule has 1 aromatic rings. The van der Waals surface area contributed by atoms with E-state index in [2.05, 4.69) is 6.92 Å². The van der Waals surface area contributed by atoms with Crippen LogP contribution in [0.2, 0.25) is 0 Å². The van der Waals surface area contributed by atoms with E-state index in [1.807, 2.05) is 6.92 Å². The normalized spacial score (nSPS) is 32.7. The summed E-state index contributed by atoms with van der Waals surface area (Å²) in [5.41, 5.74) is -0.737. The Labute approximate surface area is 137 Å². The van der Waals surface area contributed by atoms with E-state index in [0.717, 1.165) is 44.2 Å². The standard InChI is InChI=1S/C17H23FO4S/c1-3-4-5-11-17-15(10-12-16(17,2)22-17)21-23(19,20)14-8-6-13(18)7-9-14/h6-9,15H,3-5,10-12H2,1-2H3/t15-,16+,17-/m0/s1. The van der Waals surface area contributed by atoms with Crippen molar-refractivity contribution >= 4 is 10.1 Å². The molecule has 128 valence electrons. The molecule has 2 aliphatic rings. The molecule has 1 aromatic carbocycles. The highest BCUT2D eigenvalue weighted by molar-refractivity contribution is 7.86. The average molecular weight is 342 g/mol. The zero-order chi connectivity index (χ0) is 16.7. The number of hydrogen-bond donors (Lipinski definition) is 0. The molecule has 3 rings (SSSR count). The number of benzene rings is 1. The highest BCUT2D eigenvalue weighted by Crippen LogP contribution is 2.63. The van der Waals surface area contributed by atoms with Crippen molar-refractivity contribution in [1.29, 1.82) is 0 Å². The molecule has 1 saturated heterocycles. The summed E-state index contributed by atoms with van der Waals surface area (Å²) < 4.78 is 49.3. The van der Waals surface area contributed by atoms with E-state index in [0.29, 0.717) is 6.42 Å². The molecule has 3 atom stereocenters. The van der Waals surface area contributed by atoms with Crippen LogP contribution in [0, 0.1) is 5.82 Å². The quantitative estimate of drug-likeness (QED) is 0.430. The van der Waals surface area contributed by atoms with Crippen LogP contribution in [0.4, 0.5) is 4.39 Å². The van der Waals surface area contributed by atoms with Crippen molar-refractivity contribution in [3.63, 3.8) is 0 Å². The lowest BCUT2D eigenvalue weighted by Gasteiger charge is -2.21. The maximum Gasteiger partial charge on any atom is 0.297 e. The van der Waals surface area contributed by atoms with Crippen LogP contribution >= 0.6 is 0 Å². The lowest BCUT2D eigenvalue weighted by molar-refractivity contribution is 0.0796. The highest BCUT2D eigenvalue weighted by Gasteiger charge is 2.74. The van der Waals surface area contributed by atoms with Crippen LogP contribution in [0.15, 0.2) is 29.2 Å². The fraction of sp³-hybridized carbons (Fsp3) is 0.647. The molecule has 0 N–H and O–H groups in total. The van der Waals surface area contributed by atoms with E-state index < -0.39 is 27.6 Å². The Morgan fingerprint density at radius 2 is 2.00 bits per heavy atom. The molecule has 23 heavy (non-hydrogen) atoms. The van der Waals surface area contributed by atoms with Crippen LogP contribution in [0.5, 0.6) is 0 Å². The minimum atomic E-state index is -3.91. The summed E-state index contributed by atoms with van der Waals surface area (Å²) in [6.45, 7) is 4.17. The van der Waals surface area contributed by atoms with Crippen molar-refractivity contribution in [2.75, 3.05) is 0 Å². The summed E-state index contributed by atoms with van der Waals surface area (Å²) in [7, 11) is -3.91. The van der Waals surface area contributed by atoms with Gasteiger partial charge in [0.2, 0.25) is 0 Å². The first-order chi connectivity index (χ1) is 10.8. The molecule has 1 aliphatic heterocycles. The highest BCUT2D eigenvalue weighted by atomic mass is 32.2. The zero-order valence-corrected chi connectivity index (χ0v) is 14.4. The number of unbranched alkanes of at least 4 members (excludes halogenated alkanes) is 2. The second-order valence-corrected chi connectivity index (χ2v) is 8.28. The summed E-state index contributed by atoms with van der Waals surface area (Å²) in [6, 6.07) is 4.71. The monoisotopic (exact) mass is 342 g/mol. The largest absolute Gasteiger partial charge is 0.360 e. The third kappa shape index (κ3) is 2.92. The van der Waals surface area contributed by atoms with E-state index in [4.69, 9.17) is 8.92 Å². The van der Waals surface area contributed by atoms with Gasteiger partial charge in [0.1, 0.15) is 17.5 Å². The number of hydrogen-bond acceptors (Lipinski definition) is 4. The fourth-order valence-corrected chi connectivity index (χ4v) is 4.87. The number of ether oxygens (including phenoxy) is 1. The van der Waals surface area contributed by atoms with Gasteiger partial charge in [0.05, 0.1) is 10.5 Å². The van der Waals surface area contributed by atoms with E-state index >= 15 is 0 Å². The Bertz CT molecular complexity index is 672.